The average molecular weight is 372 g/mol. The number of benzene rings is 2. The highest BCUT2D eigenvalue weighted by molar-refractivity contribution is 6.30. The van der Waals surface area contributed by atoms with Crippen LogP contribution in [0.25, 0.3) is 0 Å². The molecular weight excluding hydrogens is 346 g/mol. The third-order valence-corrected chi connectivity index (χ3v) is 5.33. The second-order valence-corrected chi connectivity index (χ2v) is 7.30. The van der Waals surface area contributed by atoms with Crippen molar-refractivity contribution < 1.29 is 4.79 Å². The molecule has 0 radical (unpaired) electrons. The van der Waals surface area contributed by atoms with Crippen LogP contribution in [0.4, 0.5) is 5.69 Å². The van der Waals surface area contributed by atoms with Crippen LogP contribution in [0.15, 0.2) is 54.6 Å². The van der Waals surface area contributed by atoms with E-state index in [4.69, 9.17) is 11.6 Å². The minimum absolute atomic E-state index is 0.144. The van der Waals surface area contributed by atoms with Crippen LogP contribution in [0.5, 0.6) is 0 Å². The normalized spacial score (nSPS) is 16.0. The second kappa shape index (κ2) is 8.56. The van der Waals surface area contributed by atoms with E-state index in [1.807, 2.05) is 49.2 Å². The fourth-order valence-corrected chi connectivity index (χ4v) is 3.42. The Morgan fingerprint density at radius 3 is 2.27 bits per heavy atom. The zero-order valence-corrected chi connectivity index (χ0v) is 16.2. The summed E-state index contributed by atoms with van der Waals surface area (Å²) in [4.78, 5) is 19.3. The highest BCUT2D eigenvalue weighted by Crippen LogP contribution is 2.17. The molecule has 1 aliphatic heterocycles. The molecule has 1 aliphatic rings. The summed E-state index contributed by atoms with van der Waals surface area (Å²) in [5.41, 5.74) is 2.39. The van der Waals surface area contributed by atoms with Crippen molar-refractivity contribution in [2.45, 2.75) is 19.5 Å². The SMILES string of the molecule is C[C@H](C(=O)N1CCN(c2ccccc2)CC1)N(C)Cc1ccc(Cl)cc1. The highest BCUT2D eigenvalue weighted by atomic mass is 35.5. The van der Waals surface area contributed by atoms with Gasteiger partial charge >= 0.3 is 0 Å². The Bertz CT molecular complexity index is 712. The van der Waals surface area contributed by atoms with Crippen LogP contribution >= 0.6 is 11.6 Å². The second-order valence-electron chi connectivity index (χ2n) is 6.87. The van der Waals surface area contributed by atoms with E-state index >= 15 is 0 Å². The summed E-state index contributed by atoms with van der Waals surface area (Å²) in [6.07, 6.45) is 0. The summed E-state index contributed by atoms with van der Waals surface area (Å²) in [6.45, 7) is 6.02. The minimum Gasteiger partial charge on any atom is -0.368 e. The topological polar surface area (TPSA) is 26.8 Å². The number of carbonyl (C=O) groups is 1. The molecule has 0 aromatic heterocycles. The van der Waals surface area contributed by atoms with E-state index in [0.717, 1.165) is 43.3 Å². The maximum Gasteiger partial charge on any atom is 0.239 e. The van der Waals surface area contributed by atoms with Crippen LogP contribution in [-0.2, 0) is 11.3 Å². The molecule has 0 bridgehead atoms. The number of amides is 1. The van der Waals surface area contributed by atoms with Crippen molar-refractivity contribution in [1.82, 2.24) is 9.80 Å². The summed E-state index contributed by atoms with van der Waals surface area (Å²) < 4.78 is 0. The minimum atomic E-state index is -0.144. The monoisotopic (exact) mass is 371 g/mol. The van der Waals surface area contributed by atoms with E-state index in [1.54, 1.807) is 0 Å². The Balaban J connectivity index is 1.53. The molecule has 0 spiro atoms. The zero-order chi connectivity index (χ0) is 18.5. The first-order chi connectivity index (χ1) is 12.5. The lowest BCUT2D eigenvalue weighted by Crippen LogP contribution is -2.53. The molecule has 1 amide bonds. The molecule has 1 saturated heterocycles. The molecule has 0 aliphatic carbocycles. The summed E-state index contributed by atoms with van der Waals surface area (Å²) in [5, 5.41) is 0.733. The Labute approximate surface area is 161 Å². The summed E-state index contributed by atoms with van der Waals surface area (Å²) in [6, 6.07) is 18.0. The van der Waals surface area contributed by atoms with Gasteiger partial charge in [-0.3, -0.25) is 9.69 Å². The van der Waals surface area contributed by atoms with Gasteiger partial charge in [0, 0.05) is 43.4 Å². The van der Waals surface area contributed by atoms with Crippen molar-refractivity contribution in [3.05, 3.63) is 65.2 Å². The molecule has 1 atom stereocenters. The zero-order valence-electron chi connectivity index (χ0n) is 15.4. The molecule has 2 aromatic carbocycles. The van der Waals surface area contributed by atoms with Gasteiger partial charge in [0.05, 0.1) is 6.04 Å². The molecule has 0 saturated carbocycles. The molecule has 1 fully saturated rings. The smallest absolute Gasteiger partial charge is 0.239 e. The van der Waals surface area contributed by atoms with Gasteiger partial charge in [0.2, 0.25) is 5.91 Å². The molecule has 26 heavy (non-hydrogen) atoms. The summed E-state index contributed by atoms with van der Waals surface area (Å²) in [7, 11) is 2.00. The van der Waals surface area contributed by atoms with Crippen LogP contribution in [0.3, 0.4) is 0 Å². The van der Waals surface area contributed by atoms with Gasteiger partial charge in [0.1, 0.15) is 0 Å². The fraction of sp³-hybridized carbons (Fsp3) is 0.381. The molecule has 3 rings (SSSR count). The van der Waals surface area contributed by atoms with Crippen LogP contribution in [0, 0.1) is 0 Å². The van der Waals surface area contributed by atoms with Gasteiger partial charge in [-0.25, -0.2) is 0 Å². The first-order valence-electron chi connectivity index (χ1n) is 9.08. The Morgan fingerprint density at radius 2 is 1.65 bits per heavy atom. The van der Waals surface area contributed by atoms with Crippen LogP contribution < -0.4 is 4.90 Å². The van der Waals surface area contributed by atoms with Crippen molar-refractivity contribution in [3.63, 3.8) is 0 Å². The maximum atomic E-state index is 12.9. The number of carbonyl (C=O) groups excluding carboxylic acids is 1. The highest BCUT2D eigenvalue weighted by Gasteiger charge is 2.27. The van der Waals surface area contributed by atoms with Gasteiger partial charge < -0.3 is 9.80 Å². The van der Waals surface area contributed by atoms with Crippen LogP contribution in [0.2, 0.25) is 5.02 Å². The van der Waals surface area contributed by atoms with Crippen molar-refractivity contribution >= 4 is 23.2 Å². The third kappa shape index (κ3) is 4.57. The maximum absolute atomic E-state index is 12.9. The largest absolute Gasteiger partial charge is 0.368 e. The van der Waals surface area contributed by atoms with E-state index in [9.17, 15) is 4.79 Å². The van der Waals surface area contributed by atoms with Gasteiger partial charge in [-0.15, -0.1) is 0 Å². The van der Waals surface area contributed by atoms with Crippen molar-refractivity contribution in [3.8, 4) is 0 Å². The number of para-hydroxylation sites is 1. The van der Waals surface area contributed by atoms with Gasteiger partial charge in [-0.2, -0.15) is 0 Å². The number of likely N-dealkylation sites (N-methyl/N-ethyl adjacent to an activating group) is 1. The standard InChI is InChI=1S/C21H26ClN3O/c1-17(23(2)16-18-8-10-19(22)11-9-18)21(26)25-14-12-24(13-15-25)20-6-4-3-5-7-20/h3-11,17H,12-16H2,1-2H3/t17-/m1/s1. The van der Waals surface area contributed by atoms with Crippen LogP contribution in [-0.4, -0.2) is 55.0 Å². The van der Waals surface area contributed by atoms with E-state index in [0.29, 0.717) is 0 Å². The van der Waals surface area contributed by atoms with Crippen molar-refractivity contribution in [1.29, 1.82) is 0 Å². The molecule has 0 N–H and O–H groups in total. The Hall–Kier alpha value is -2.04. The first-order valence-corrected chi connectivity index (χ1v) is 9.46. The van der Waals surface area contributed by atoms with E-state index in [-0.39, 0.29) is 11.9 Å². The number of anilines is 1. The predicted octanol–water partition coefficient (Wildman–Crippen LogP) is 3.51. The summed E-state index contributed by atoms with van der Waals surface area (Å²) >= 11 is 5.94. The molecule has 138 valence electrons. The predicted molar refractivity (Wildman–Crippen MR) is 108 cm³/mol. The summed E-state index contributed by atoms with van der Waals surface area (Å²) in [5.74, 6) is 0.203. The lowest BCUT2D eigenvalue weighted by Gasteiger charge is -2.38. The molecule has 0 unspecified atom stereocenters. The lowest BCUT2D eigenvalue weighted by atomic mass is 10.1. The van der Waals surface area contributed by atoms with E-state index < -0.39 is 0 Å². The molecule has 2 aromatic rings. The van der Waals surface area contributed by atoms with E-state index in [1.165, 1.54) is 5.69 Å². The number of hydrogen-bond acceptors (Lipinski definition) is 3. The average Bonchev–Trinajstić information content (AvgIpc) is 2.69. The fourth-order valence-electron chi connectivity index (χ4n) is 3.29. The van der Waals surface area contributed by atoms with Gasteiger partial charge in [0.25, 0.3) is 0 Å². The third-order valence-electron chi connectivity index (χ3n) is 5.08. The number of halogens is 1. The van der Waals surface area contributed by atoms with Crippen molar-refractivity contribution in [2.24, 2.45) is 0 Å². The lowest BCUT2D eigenvalue weighted by molar-refractivity contribution is -0.136. The number of nitrogens with zero attached hydrogens (tertiary/aromatic N) is 3. The molecule has 4 nitrogen and oxygen atoms in total. The van der Waals surface area contributed by atoms with Crippen molar-refractivity contribution in [2.75, 3.05) is 38.1 Å². The van der Waals surface area contributed by atoms with Gasteiger partial charge in [-0.05, 0) is 43.8 Å². The molecule has 5 heteroatoms. The Kier molecular flexibility index (Phi) is 6.17. The molecule has 1 heterocycles. The molecular formula is C21H26ClN3O. The van der Waals surface area contributed by atoms with E-state index in [2.05, 4.69) is 34.1 Å². The van der Waals surface area contributed by atoms with Gasteiger partial charge in [0.15, 0.2) is 0 Å². The number of hydrogen-bond donors (Lipinski definition) is 0. The first kappa shape index (κ1) is 18.7. The number of rotatable bonds is 5. The quantitative estimate of drug-likeness (QED) is 0.804. The van der Waals surface area contributed by atoms with Gasteiger partial charge in [-0.1, -0.05) is 41.9 Å². The van der Waals surface area contributed by atoms with Crippen LogP contribution in [0.1, 0.15) is 12.5 Å². The Morgan fingerprint density at radius 1 is 1.04 bits per heavy atom. The number of piperazine rings is 1.